The van der Waals surface area contributed by atoms with Crippen molar-refractivity contribution < 1.29 is 4.79 Å². The summed E-state index contributed by atoms with van der Waals surface area (Å²) in [4.78, 5) is 14.5. The van der Waals surface area contributed by atoms with Gasteiger partial charge in [0.15, 0.2) is 0 Å². The van der Waals surface area contributed by atoms with Crippen LogP contribution in [0.1, 0.15) is 46.0 Å². The number of nitrogens with two attached hydrogens (primary N) is 1. The van der Waals surface area contributed by atoms with Crippen LogP contribution < -0.4 is 5.73 Å². The van der Waals surface area contributed by atoms with Crippen molar-refractivity contribution in [3.05, 3.63) is 0 Å². The van der Waals surface area contributed by atoms with Crippen molar-refractivity contribution >= 4 is 5.91 Å². The van der Waals surface area contributed by atoms with Crippen molar-refractivity contribution in [2.75, 3.05) is 6.54 Å². The molecule has 2 heterocycles. The maximum Gasteiger partial charge on any atom is 0.225 e. The summed E-state index contributed by atoms with van der Waals surface area (Å²) in [6, 6.07) is 0.965. The molecule has 16 heavy (non-hydrogen) atoms. The first-order valence-corrected chi connectivity index (χ1v) is 6.71. The summed E-state index contributed by atoms with van der Waals surface area (Å²) in [5.74, 6) is 1.14. The van der Waals surface area contributed by atoms with E-state index >= 15 is 0 Å². The summed E-state index contributed by atoms with van der Waals surface area (Å²) in [6.07, 6.45) is 5.63. The summed E-state index contributed by atoms with van der Waals surface area (Å²) in [6.45, 7) is 4.96. The molecule has 0 aromatic heterocycles. The number of fused-ring (bicyclic) bond motifs is 2. The minimum absolute atomic E-state index is 0.199. The van der Waals surface area contributed by atoms with E-state index in [-0.39, 0.29) is 5.92 Å². The van der Waals surface area contributed by atoms with Gasteiger partial charge in [-0.05, 0) is 38.1 Å². The van der Waals surface area contributed by atoms with Crippen LogP contribution in [0.4, 0.5) is 0 Å². The van der Waals surface area contributed by atoms with Crippen molar-refractivity contribution in [1.29, 1.82) is 0 Å². The number of carbonyl (C=O) groups excluding carboxylic acids is 1. The van der Waals surface area contributed by atoms with Gasteiger partial charge in [0.1, 0.15) is 0 Å². The fourth-order valence-corrected chi connectivity index (χ4v) is 3.52. The van der Waals surface area contributed by atoms with Crippen molar-refractivity contribution in [2.45, 2.75) is 58.0 Å². The highest BCUT2D eigenvalue weighted by Crippen LogP contribution is 2.42. The van der Waals surface area contributed by atoms with Gasteiger partial charge in [-0.15, -0.1) is 0 Å². The lowest BCUT2D eigenvalue weighted by molar-refractivity contribution is -0.136. The van der Waals surface area contributed by atoms with E-state index in [1.807, 2.05) is 0 Å². The van der Waals surface area contributed by atoms with Crippen LogP contribution >= 0.6 is 0 Å². The molecular weight excluding hydrogens is 200 g/mol. The van der Waals surface area contributed by atoms with Crippen LogP contribution in [0.5, 0.6) is 0 Å². The smallest absolute Gasteiger partial charge is 0.225 e. The average molecular weight is 224 g/mol. The Labute approximate surface area is 98.4 Å². The van der Waals surface area contributed by atoms with Gasteiger partial charge in [0.25, 0.3) is 0 Å². The molecule has 2 bridgehead atoms. The quantitative estimate of drug-likeness (QED) is 0.791. The summed E-state index contributed by atoms with van der Waals surface area (Å²) in [5.41, 5.74) is 5.78. The lowest BCUT2D eigenvalue weighted by Crippen LogP contribution is -2.40. The Morgan fingerprint density at radius 1 is 1.50 bits per heavy atom. The second kappa shape index (κ2) is 4.74. The Hall–Kier alpha value is -0.570. The number of carbonyl (C=O) groups is 1. The Morgan fingerprint density at radius 3 is 2.81 bits per heavy atom. The first kappa shape index (κ1) is 11.9. The van der Waals surface area contributed by atoms with Gasteiger partial charge in [-0.3, -0.25) is 4.79 Å². The van der Waals surface area contributed by atoms with Crippen LogP contribution in [0.25, 0.3) is 0 Å². The maximum atomic E-state index is 12.3. The standard InChI is InChI=1S/C13H24N2O/c1-3-4-9(2)13(16)15-11-5-6-12(15)10(7-11)8-14/h9-12H,3-8,14H2,1-2H3. The molecule has 2 rings (SSSR count). The van der Waals surface area contributed by atoms with Gasteiger partial charge in [0.2, 0.25) is 5.91 Å². The molecule has 0 radical (unpaired) electrons. The molecule has 4 unspecified atom stereocenters. The summed E-state index contributed by atoms with van der Waals surface area (Å²) >= 11 is 0. The molecule has 2 aliphatic rings. The highest BCUT2D eigenvalue weighted by Gasteiger charge is 2.48. The third-order valence-electron chi connectivity index (χ3n) is 4.37. The summed E-state index contributed by atoms with van der Waals surface area (Å²) < 4.78 is 0. The Bertz CT molecular complexity index is 267. The van der Waals surface area contributed by atoms with E-state index in [4.69, 9.17) is 5.73 Å². The van der Waals surface area contributed by atoms with E-state index in [0.29, 0.717) is 23.9 Å². The minimum atomic E-state index is 0.199. The van der Waals surface area contributed by atoms with Crippen LogP contribution in [0.2, 0.25) is 0 Å². The van der Waals surface area contributed by atoms with Gasteiger partial charge in [0.05, 0.1) is 0 Å². The molecule has 0 aliphatic carbocycles. The largest absolute Gasteiger partial charge is 0.336 e. The number of nitrogens with zero attached hydrogens (tertiary/aromatic N) is 1. The first-order chi connectivity index (χ1) is 7.69. The molecule has 2 aliphatic heterocycles. The highest BCUT2D eigenvalue weighted by molar-refractivity contribution is 5.79. The predicted molar refractivity (Wildman–Crippen MR) is 64.9 cm³/mol. The average Bonchev–Trinajstić information content (AvgIpc) is 2.85. The fraction of sp³-hybridized carbons (Fsp3) is 0.923. The second-order valence-corrected chi connectivity index (χ2v) is 5.47. The van der Waals surface area contributed by atoms with Gasteiger partial charge in [-0.2, -0.15) is 0 Å². The second-order valence-electron chi connectivity index (χ2n) is 5.47. The minimum Gasteiger partial charge on any atom is -0.336 e. The Kier molecular flexibility index (Phi) is 3.53. The zero-order valence-electron chi connectivity index (χ0n) is 10.5. The van der Waals surface area contributed by atoms with Crippen molar-refractivity contribution in [1.82, 2.24) is 4.90 Å². The Balaban J connectivity index is 2.03. The van der Waals surface area contributed by atoms with Gasteiger partial charge >= 0.3 is 0 Å². The van der Waals surface area contributed by atoms with E-state index in [1.54, 1.807) is 0 Å². The zero-order valence-corrected chi connectivity index (χ0v) is 10.5. The molecule has 0 aromatic rings. The van der Waals surface area contributed by atoms with Crippen LogP contribution in [0, 0.1) is 11.8 Å². The molecule has 1 amide bonds. The van der Waals surface area contributed by atoms with E-state index in [2.05, 4.69) is 18.7 Å². The molecule has 3 heteroatoms. The summed E-state index contributed by atoms with van der Waals surface area (Å²) in [7, 11) is 0. The Morgan fingerprint density at radius 2 is 2.25 bits per heavy atom. The number of hydrogen-bond donors (Lipinski definition) is 1. The van der Waals surface area contributed by atoms with Crippen LogP contribution in [-0.4, -0.2) is 29.4 Å². The van der Waals surface area contributed by atoms with E-state index < -0.39 is 0 Å². The van der Waals surface area contributed by atoms with E-state index in [1.165, 1.54) is 12.8 Å². The van der Waals surface area contributed by atoms with E-state index in [0.717, 1.165) is 25.8 Å². The number of rotatable bonds is 4. The third kappa shape index (κ3) is 1.86. The van der Waals surface area contributed by atoms with E-state index in [9.17, 15) is 4.79 Å². The third-order valence-corrected chi connectivity index (χ3v) is 4.37. The van der Waals surface area contributed by atoms with Gasteiger partial charge < -0.3 is 10.6 Å². The molecule has 2 saturated heterocycles. The SMILES string of the molecule is CCCC(C)C(=O)N1C2CCC1C(CN)C2. The van der Waals surface area contributed by atoms with Crippen molar-refractivity contribution in [3.63, 3.8) is 0 Å². The highest BCUT2D eigenvalue weighted by atomic mass is 16.2. The molecule has 2 N–H and O–H groups in total. The fourth-order valence-electron chi connectivity index (χ4n) is 3.52. The van der Waals surface area contributed by atoms with Crippen LogP contribution in [-0.2, 0) is 4.79 Å². The number of hydrogen-bond acceptors (Lipinski definition) is 2. The molecule has 2 fully saturated rings. The predicted octanol–water partition coefficient (Wildman–Crippen LogP) is 1.76. The topological polar surface area (TPSA) is 46.3 Å². The molecule has 0 spiro atoms. The molecule has 92 valence electrons. The van der Waals surface area contributed by atoms with Gasteiger partial charge in [-0.25, -0.2) is 0 Å². The van der Waals surface area contributed by atoms with Crippen LogP contribution in [0.3, 0.4) is 0 Å². The lowest BCUT2D eigenvalue weighted by Gasteiger charge is -2.26. The van der Waals surface area contributed by atoms with Crippen molar-refractivity contribution in [3.8, 4) is 0 Å². The normalized spacial score (nSPS) is 34.4. The first-order valence-electron chi connectivity index (χ1n) is 6.71. The molecule has 0 saturated carbocycles. The molecular formula is C13H24N2O. The van der Waals surface area contributed by atoms with Crippen molar-refractivity contribution in [2.24, 2.45) is 17.6 Å². The molecule has 3 nitrogen and oxygen atoms in total. The molecule has 4 atom stereocenters. The summed E-state index contributed by atoms with van der Waals surface area (Å²) in [5, 5.41) is 0. The van der Waals surface area contributed by atoms with Gasteiger partial charge in [-0.1, -0.05) is 20.3 Å². The maximum absolute atomic E-state index is 12.3. The van der Waals surface area contributed by atoms with Gasteiger partial charge in [0, 0.05) is 18.0 Å². The van der Waals surface area contributed by atoms with Crippen LogP contribution in [0.15, 0.2) is 0 Å². The zero-order chi connectivity index (χ0) is 11.7. The molecule has 0 aromatic carbocycles. The monoisotopic (exact) mass is 224 g/mol. The lowest BCUT2D eigenvalue weighted by atomic mass is 9.89. The number of amides is 1.